The van der Waals surface area contributed by atoms with Crippen LogP contribution in [0, 0.1) is 0 Å². The maximum Gasteiger partial charge on any atom is 0.410 e. The van der Waals surface area contributed by atoms with Gasteiger partial charge in [0.25, 0.3) is 0 Å². The normalized spacial score (nSPS) is 21.7. The smallest absolute Gasteiger partial charge is 0.410 e. The molecule has 2 aliphatic heterocycles. The minimum atomic E-state index is -0.454. The Morgan fingerprint density at radius 3 is 2.32 bits per heavy atom. The molecule has 7 nitrogen and oxygen atoms in total. The highest BCUT2D eigenvalue weighted by Crippen LogP contribution is 2.21. The molecule has 2 aliphatic rings. The SMILES string of the molecule is CC(C)(C)OC(=O)N1CCN(c2ncc(C3CN3)cn2)CC1. The number of ether oxygens (including phenoxy) is 1. The number of rotatable bonds is 2. The van der Waals surface area contributed by atoms with E-state index in [0.717, 1.165) is 31.1 Å². The number of aromatic nitrogens is 2. The van der Waals surface area contributed by atoms with Gasteiger partial charge >= 0.3 is 6.09 Å². The van der Waals surface area contributed by atoms with Gasteiger partial charge in [0.05, 0.1) is 0 Å². The molecule has 3 rings (SSSR count). The van der Waals surface area contributed by atoms with Crippen LogP contribution in [0.5, 0.6) is 0 Å². The second-order valence-corrected chi connectivity index (χ2v) is 6.73. The molecule has 1 N–H and O–H groups in total. The topological polar surface area (TPSA) is 80.5 Å². The number of piperazine rings is 1. The maximum absolute atomic E-state index is 12.0. The minimum absolute atomic E-state index is 0.247. The number of anilines is 1. The molecule has 0 radical (unpaired) electrons. The summed E-state index contributed by atoms with van der Waals surface area (Å²) < 4.78 is 5.40. The first-order chi connectivity index (χ1) is 10.4. The van der Waals surface area contributed by atoms with Gasteiger partial charge in [-0.15, -0.1) is 0 Å². The minimum Gasteiger partial charge on any atom is -0.444 e. The van der Waals surface area contributed by atoms with Crippen molar-refractivity contribution in [1.82, 2.24) is 20.2 Å². The number of carbonyl (C=O) groups excluding carboxylic acids is 1. The molecule has 2 saturated heterocycles. The lowest BCUT2D eigenvalue weighted by molar-refractivity contribution is 0.0240. The van der Waals surface area contributed by atoms with Gasteiger partial charge in [0.2, 0.25) is 5.95 Å². The highest BCUT2D eigenvalue weighted by molar-refractivity contribution is 5.68. The zero-order valence-corrected chi connectivity index (χ0v) is 13.4. The van der Waals surface area contributed by atoms with Crippen LogP contribution in [0.4, 0.5) is 10.7 Å². The third-order valence-corrected chi connectivity index (χ3v) is 3.68. The Balaban J connectivity index is 1.53. The molecule has 0 saturated carbocycles. The van der Waals surface area contributed by atoms with E-state index < -0.39 is 5.60 Å². The summed E-state index contributed by atoms with van der Waals surface area (Å²) in [6, 6.07) is 0.429. The van der Waals surface area contributed by atoms with Crippen molar-refractivity contribution < 1.29 is 9.53 Å². The number of nitrogens with one attached hydrogen (secondary N) is 1. The quantitative estimate of drug-likeness (QED) is 0.826. The summed E-state index contributed by atoms with van der Waals surface area (Å²) in [5, 5.41) is 3.23. The second-order valence-electron chi connectivity index (χ2n) is 6.73. The number of hydrogen-bond donors (Lipinski definition) is 1. The van der Waals surface area contributed by atoms with Crippen LogP contribution in [0.2, 0.25) is 0 Å². The first kappa shape index (κ1) is 15.0. The van der Waals surface area contributed by atoms with Crippen molar-refractivity contribution in [3.8, 4) is 0 Å². The van der Waals surface area contributed by atoms with Gasteiger partial charge in [0, 0.05) is 56.7 Å². The Kier molecular flexibility index (Phi) is 3.90. The van der Waals surface area contributed by atoms with Crippen molar-refractivity contribution in [3.63, 3.8) is 0 Å². The second kappa shape index (κ2) is 5.72. The van der Waals surface area contributed by atoms with Crippen molar-refractivity contribution in [2.24, 2.45) is 0 Å². The van der Waals surface area contributed by atoms with Crippen LogP contribution < -0.4 is 10.2 Å². The molecule has 0 aromatic carbocycles. The van der Waals surface area contributed by atoms with E-state index in [-0.39, 0.29) is 6.09 Å². The summed E-state index contributed by atoms with van der Waals surface area (Å²) in [5.41, 5.74) is 0.681. The zero-order chi connectivity index (χ0) is 15.7. The summed E-state index contributed by atoms with van der Waals surface area (Å²) in [6.45, 7) is 9.36. The summed E-state index contributed by atoms with van der Waals surface area (Å²) in [5.74, 6) is 0.730. The van der Waals surface area contributed by atoms with Gasteiger partial charge < -0.3 is 19.9 Å². The first-order valence-corrected chi connectivity index (χ1v) is 7.70. The summed E-state index contributed by atoms with van der Waals surface area (Å²) >= 11 is 0. The van der Waals surface area contributed by atoms with Crippen LogP contribution in [0.3, 0.4) is 0 Å². The van der Waals surface area contributed by atoms with Gasteiger partial charge in [-0.1, -0.05) is 0 Å². The Hall–Kier alpha value is -1.89. The lowest BCUT2D eigenvalue weighted by Gasteiger charge is -2.35. The molecule has 1 amide bonds. The van der Waals surface area contributed by atoms with Crippen LogP contribution in [0.1, 0.15) is 32.4 Å². The molecule has 1 atom stereocenters. The van der Waals surface area contributed by atoms with Gasteiger partial charge in [-0.05, 0) is 20.8 Å². The molecule has 22 heavy (non-hydrogen) atoms. The van der Waals surface area contributed by atoms with Crippen molar-refractivity contribution in [3.05, 3.63) is 18.0 Å². The fraction of sp³-hybridized carbons (Fsp3) is 0.667. The lowest BCUT2D eigenvalue weighted by Crippen LogP contribution is -2.50. The highest BCUT2D eigenvalue weighted by Gasteiger charge is 2.27. The van der Waals surface area contributed by atoms with Gasteiger partial charge in [0.15, 0.2) is 0 Å². The third-order valence-electron chi connectivity index (χ3n) is 3.68. The molecular weight excluding hydrogens is 282 g/mol. The predicted molar refractivity (Wildman–Crippen MR) is 82.8 cm³/mol. The summed E-state index contributed by atoms with van der Waals surface area (Å²) in [4.78, 5) is 24.7. The Bertz CT molecular complexity index is 528. The van der Waals surface area contributed by atoms with E-state index in [1.54, 1.807) is 4.90 Å². The number of hydrogen-bond acceptors (Lipinski definition) is 6. The standard InChI is InChI=1S/C15H23N5O2/c1-15(2,3)22-14(21)20-6-4-19(5-7-20)13-17-8-11(9-18-13)12-10-16-12/h8-9,12,16H,4-7,10H2,1-3H3. The van der Waals surface area contributed by atoms with Crippen LogP contribution in [-0.2, 0) is 4.74 Å². The molecule has 7 heteroatoms. The number of nitrogens with zero attached hydrogens (tertiary/aromatic N) is 4. The van der Waals surface area contributed by atoms with Gasteiger partial charge in [-0.3, -0.25) is 0 Å². The van der Waals surface area contributed by atoms with E-state index in [1.807, 2.05) is 33.2 Å². The highest BCUT2D eigenvalue weighted by atomic mass is 16.6. The van der Waals surface area contributed by atoms with Crippen LogP contribution in [0.25, 0.3) is 0 Å². The molecular formula is C15H23N5O2. The monoisotopic (exact) mass is 305 g/mol. The molecule has 1 aromatic heterocycles. The zero-order valence-electron chi connectivity index (χ0n) is 13.4. The van der Waals surface area contributed by atoms with E-state index in [1.165, 1.54) is 0 Å². The first-order valence-electron chi connectivity index (χ1n) is 7.70. The molecule has 120 valence electrons. The average Bonchev–Trinajstić information content (AvgIpc) is 3.30. The lowest BCUT2D eigenvalue weighted by atomic mass is 10.2. The van der Waals surface area contributed by atoms with Crippen molar-refractivity contribution in [1.29, 1.82) is 0 Å². The predicted octanol–water partition coefficient (Wildman–Crippen LogP) is 1.18. The molecule has 0 aliphatic carbocycles. The van der Waals surface area contributed by atoms with Gasteiger partial charge in [0.1, 0.15) is 5.60 Å². The number of amides is 1. The van der Waals surface area contributed by atoms with Crippen LogP contribution in [0.15, 0.2) is 12.4 Å². The van der Waals surface area contributed by atoms with Crippen molar-refractivity contribution in [2.75, 3.05) is 37.6 Å². The Morgan fingerprint density at radius 2 is 1.82 bits per heavy atom. The van der Waals surface area contributed by atoms with E-state index in [9.17, 15) is 4.79 Å². The molecule has 1 unspecified atom stereocenters. The van der Waals surface area contributed by atoms with E-state index in [2.05, 4.69) is 20.2 Å². The Morgan fingerprint density at radius 1 is 1.23 bits per heavy atom. The van der Waals surface area contributed by atoms with Crippen molar-refractivity contribution >= 4 is 12.0 Å². The van der Waals surface area contributed by atoms with Gasteiger partial charge in [-0.25, -0.2) is 14.8 Å². The van der Waals surface area contributed by atoms with Crippen molar-refractivity contribution in [2.45, 2.75) is 32.4 Å². The fourth-order valence-electron chi connectivity index (χ4n) is 2.38. The molecule has 3 heterocycles. The van der Waals surface area contributed by atoms with Crippen LogP contribution >= 0.6 is 0 Å². The third kappa shape index (κ3) is 3.65. The molecule has 0 bridgehead atoms. The molecule has 2 fully saturated rings. The molecule has 1 aromatic rings. The molecule has 0 spiro atoms. The van der Waals surface area contributed by atoms with E-state index in [0.29, 0.717) is 19.1 Å². The maximum atomic E-state index is 12.0. The Labute approximate surface area is 130 Å². The average molecular weight is 305 g/mol. The van der Waals surface area contributed by atoms with Crippen LogP contribution in [-0.4, -0.2) is 59.3 Å². The van der Waals surface area contributed by atoms with E-state index in [4.69, 9.17) is 4.74 Å². The fourth-order valence-corrected chi connectivity index (χ4v) is 2.38. The van der Waals surface area contributed by atoms with E-state index >= 15 is 0 Å². The van der Waals surface area contributed by atoms with Gasteiger partial charge in [-0.2, -0.15) is 0 Å². The largest absolute Gasteiger partial charge is 0.444 e. The summed E-state index contributed by atoms with van der Waals surface area (Å²) in [6.07, 6.45) is 3.52. The number of carbonyl (C=O) groups is 1. The summed E-state index contributed by atoms with van der Waals surface area (Å²) in [7, 11) is 0.